The molecule has 0 heterocycles. The molecule has 0 saturated heterocycles. The number of hydrogen-bond acceptors (Lipinski definition) is 4. The number of esters is 1. The van der Waals surface area contributed by atoms with Gasteiger partial charge in [0.2, 0.25) is 14.8 Å². The molecule has 110 valence electrons. The van der Waals surface area contributed by atoms with Crippen molar-refractivity contribution in [2.45, 2.75) is 42.7 Å². The minimum Gasteiger partial charge on any atom is -0.460 e. The van der Waals surface area contributed by atoms with Crippen LogP contribution in [0.2, 0.25) is 0 Å². The quantitative estimate of drug-likeness (QED) is 0.805. The van der Waals surface area contributed by atoms with Crippen molar-refractivity contribution in [3.8, 4) is 0 Å². The van der Waals surface area contributed by atoms with Crippen molar-refractivity contribution >= 4 is 15.8 Å². The van der Waals surface area contributed by atoms with E-state index in [1.807, 2.05) is 0 Å². The second kappa shape index (κ2) is 4.55. The van der Waals surface area contributed by atoms with Crippen molar-refractivity contribution in [2.75, 3.05) is 0 Å². The second-order valence-electron chi connectivity index (χ2n) is 5.89. The number of alkyl halides is 1. The van der Waals surface area contributed by atoms with E-state index in [2.05, 4.69) is 0 Å². The van der Waals surface area contributed by atoms with Crippen molar-refractivity contribution in [1.29, 1.82) is 0 Å². The van der Waals surface area contributed by atoms with E-state index in [4.69, 9.17) is 4.74 Å². The second-order valence-corrected chi connectivity index (χ2v) is 8.05. The highest BCUT2D eigenvalue weighted by atomic mass is 32.2. The lowest BCUT2D eigenvalue weighted by atomic mass is 10.2. The Morgan fingerprint density at radius 3 is 2.35 bits per heavy atom. The molecule has 20 heavy (non-hydrogen) atoms. The Hall–Kier alpha value is -1.43. The van der Waals surface area contributed by atoms with Crippen molar-refractivity contribution in [2.24, 2.45) is 5.92 Å². The minimum atomic E-state index is -4.18. The summed E-state index contributed by atoms with van der Waals surface area (Å²) in [6.45, 7) is 4.96. The van der Waals surface area contributed by atoms with Gasteiger partial charge >= 0.3 is 5.97 Å². The predicted octanol–water partition coefficient (Wildman–Crippen LogP) is 2.49. The molecule has 2 rings (SSSR count). The molecule has 0 aliphatic heterocycles. The van der Waals surface area contributed by atoms with Crippen molar-refractivity contribution < 1.29 is 22.3 Å². The first-order valence-corrected chi connectivity index (χ1v) is 7.78. The number of ether oxygens (including phenoxy) is 1. The third kappa shape index (κ3) is 2.57. The van der Waals surface area contributed by atoms with Gasteiger partial charge < -0.3 is 4.74 Å². The number of carbonyl (C=O) groups excluding carboxylic acids is 1. The summed E-state index contributed by atoms with van der Waals surface area (Å²) < 4.78 is 44.0. The minimum absolute atomic E-state index is 0.117. The maximum Gasteiger partial charge on any atom is 0.314 e. The topological polar surface area (TPSA) is 60.4 Å². The number of halogens is 1. The summed E-state index contributed by atoms with van der Waals surface area (Å²) in [5, 5.41) is -2.54. The van der Waals surface area contributed by atoms with E-state index in [0.29, 0.717) is 0 Å². The molecular weight excluding hydrogens is 283 g/mol. The molecule has 0 aromatic heterocycles. The van der Waals surface area contributed by atoms with Gasteiger partial charge in [0, 0.05) is 6.42 Å². The average Bonchev–Trinajstić information content (AvgIpc) is 3.03. The average molecular weight is 300 g/mol. The van der Waals surface area contributed by atoms with Gasteiger partial charge in [0.15, 0.2) is 0 Å². The van der Waals surface area contributed by atoms with E-state index < -0.39 is 32.3 Å². The van der Waals surface area contributed by atoms with E-state index >= 15 is 0 Å². The molecule has 0 unspecified atom stereocenters. The van der Waals surface area contributed by atoms with E-state index in [1.54, 1.807) is 26.8 Å². The molecule has 0 spiro atoms. The summed E-state index contributed by atoms with van der Waals surface area (Å²) >= 11 is 0. The van der Waals surface area contributed by atoms with Crippen molar-refractivity contribution in [3.05, 3.63) is 30.3 Å². The highest BCUT2D eigenvalue weighted by Gasteiger charge is 2.70. The molecule has 1 aromatic carbocycles. The van der Waals surface area contributed by atoms with Crippen LogP contribution in [0, 0.1) is 5.92 Å². The monoisotopic (exact) mass is 300 g/mol. The van der Waals surface area contributed by atoms with Gasteiger partial charge in [-0.2, -0.15) is 0 Å². The fourth-order valence-corrected chi connectivity index (χ4v) is 3.71. The molecule has 0 bridgehead atoms. The van der Waals surface area contributed by atoms with Gasteiger partial charge in [-0.1, -0.05) is 18.2 Å². The first-order valence-electron chi connectivity index (χ1n) is 6.29. The molecule has 6 heteroatoms. The number of sulfone groups is 1. The molecule has 1 aliphatic carbocycles. The predicted molar refractivity (Wildman–Crippen MR) is 71.4 cm³/mol. The fourth-order valence-electron chi connectivity index (χ4n) is 1.94. The van der Waals surface area contributed by atoms with Crippen LogP contribution in [-0.4, -0.2) is 25.0 Å². The van der Waals surface area contributed by atoms with E-state index in [9.17, 15) is 17.6 Å². The SMILES string of the molecule is CC(C)(C)OC(=O)[C@@H]1C[C@]1(F)S(=O)(=O)c1ccccc1. The van der Waals surface area contributed by atoms with E-state index in [0.717, 1.165) is 0 Å². The third-order valence-electron chi connectivity index (χ3n) is 3.03. The lowest BCUT2D eigenvalue weighted by Gasteiger charge is -2.20. The van der Waals surface area contributed by atoms with Gasteiger partial charge in [-0.25, -0.2) is 12.8 Å². The van der Waals surface area contributed by atoms with Gasteiger partial charge in [0.25, 0.3) is 0 Å². The summed E-state index contributed by atoms with van der Waals surface area (Å²) in [4.78, 5) is 11.7. The van der Waals surface area contributed by atoms with Crippen molar-refractivity contribution in [1.82, 2.24) is 0 Å². The standard InChI is InChI=1S/C14H17FO4S/c1-13(2,3)19-12(16)11-9-14(11,15)20(17,18)10-7-5-4-6-8-10/h4-8,11H,9H2,1-3H3/t11-,14-/m0/s1. The van der Waals surface area contributed by atoms with Crippen LogP contribution in [0.4, 0.5) is 4.39 Å². The summed E-state index contributed by atoms with van der Waals surface area (Å²) in [7, 11) is -4.18. The summed E-state index contributed by atoms with van der Waals surface area (Å²) in [5.41, 5.74) is -0.767. The molecular formula is C14H17FO4S. The van der Waals surface area contributed by atoms with Crippen LogP contribution >= 0.6 is 0 Å². The van der Waals surface area contributed by atoms with Crippen molar-refractivity contribution in [3.63, 3.8) is 0 Å². The summed E-state index contributed by atoms with van der Waals surface area (Å²) in [5.74, 6) is -2.05. The molecule has 4 nitrogen and oxygen atoms in total. The summed E-state index contributed by atoms with van der Waals surface area (Å²) in [6, 6.07) is 7.31. The molecule has 1 fully saturated rings. The molecule has 1 aliphatic rings. The Kier molecular flexibility index (Phi) is 3.40. The Labute approximate surface area is 117 Å². The number of rotatable bonds is 3. The Balaban J connectivity index is 2.21. The third-order valence-corrected chi connectivity index (χ3v) is 5.27. The van der Waals surface area contributed by atoms with Crippen LogP contribution in [0.25, 0.3) is 0 Å². The number of carbonyl (C=O) groups is 1. The maximum absolute atomic E-state index is 14.6. The first kappa shape index (κ1) is 15.0. The van der Waals surface area contributed by atoms with Gasteiger partial charge in [-0.05, 0) is 32.9 Å². The molecule has 0 amide bonds. The number of hydrogen-bond donors (Lipinski definition) is 0. The van der Waals surface area contributed by atoms with Crippen LogP contribution in [0.1, 0.15) is 27.2 Å². The maximum atomic E-state index is 14.6. The Morgan fingerprint density at radius 1 is 1.30 bits per heavy atom. The fraction of sp³-hybridized carbons (Fsp3) is 0.500. The highest BCUT2D eigenvalue weighted by Crippen LogP contribution is 2.54. The zero-order valence-corrected chi connectivity index (χ0v) is 12.4. The normalized spacial score (nSPS) is 26.1. The zero-order chi connectivity index (χ0) is 15.2. The van der Waals surface area contributed by atoms with Crippen LogP contribution in [-0.2, 0) is 19.4 Å². The van der Waals surface area contributed by atoms with Crippen LogP contribution < -0.4 is 0 Å². The van der Waals surface area contributed by atoms with Gasteiger partial charge in [-0.3, -0.25) is 4.79 Å². The number of benzene rings is 1. The van der Waals surface area contributed by atoms with E-state index in [1.165, 1.54) is 24.3 Å². The summed E-state index contributed by atoms with van der Waals surface area (Å²) in [6.07, 6.45) is -0.348. The smallest absolute Gasteiger partial charge is 0.314 e. The van der Waals surface area contributed by atoms with Gasteiger partial charge in [-0.15, -0.1) is 0 Å². The Morgan fingerprint density at radius 2 is 1.85 bits per heavy atom. The lowest BCUT2D eigenvalue weighted by molar-refractivity contribution is -0.157. The van der Waals surface area contributed by atoms with Gasteiger partial charge in [0.1, 0.15) is 11.5 Å². The molecule has 0 radical (unpaired) electrons. The molecule has 2 atom stereocenters. The molecule has 1 saturated carbocycles. The van der Waals surface area contributed by atoms with Gasteiger partial charge in [0.05, 0.1) is 4.90 Å². The molecule has 1 aromatic rings. The largest absolute Gasteiger partial charge is 0.460 e. The zero-order valence-electron chi connectivity index (χ0n) is 11.6. The first-order chi connectivity index (χ1) is 9.08. The molecule has 0 N–H and O–H groups in total. The highest BCUT2D eigenvalue weighted by molar-refractivity contribution is 7.93. The lowest BCUT2D eigenvalue weighted by Crippen LogP contribution is -2.29. The van der Waals surface area contributed by atoms with Crippen LogP contribution in [0.5, 0.6) is 0 Å². The van der Waals surface area contributed by atoms with Crippen LogP contribution in [0.15, 0.2) is 35.2 Å². The van der Waals surface area contributed by atoms with Crippen LogP contribution in [0.3, 0.4) is 0 Å². The van der Waals surface area contributed by atoms with E-state index in [-0.39, 0.29) is 11.3 Å². The Bertz CT molecular complexity index is 618.